The SMILES string of the molecule is C=CC[C@@](C)(C[C@H](c1cccc(Cl)c1)[C@H](C)c1ccc(Cl)c(F)c1)C(=C)OC[C@@H](C)C1CC1. The molecule has 0 aliphatic heterocycles. The van der Waals surface area contributed by atoms with Gasteiger partial charge in [0.25, 0.3) is 0 Å². The van der Waals surface area contributed by atoms with E-state index in [0.29, 0.717) is 17.5 Å². The zero-order chi connectivity index (χ0) is 24.2. The van der Waals surface area contributed by atoms with E-state index in [2.05, 4.69) is 40.0 Å². The van der Waals surface area contributed by atoms with Crippen LogP contribution in [0.3, 0.4) is 0 Å². The summed E-state index contributed by atoms with van der Waals surface area (Å²) in [5.41, 5.74) is 1.69. The van der Waals surface area contributed by atoms with Crippen LogP contribution in [0.2, 0.25) is 10.0 Å². The smallest absolute Gasteiger partial charge is 0.142 e. The quantitative estimate of drug-likeness (QED) is 0.213. The summed E-state index contributed by atoms with van der Waals surface area (Å²) in [7, 11) is 0. The molecule has 33 heavy (non-hydrogen) atoms. The maximum Gasteiger partial charge on any atom is 0.142 e. The van der Waals surface area contributed by atoms with Crippen molar-refractivity contribution in [2.75, 3.05) is 6.61 Å². The second kappa shape index (κ2) is 11.1. The fraction of sp³-hybridized carbons (Fsp3) is 0.448. The Morgan fingerprint density at radius 2 is 1.91 bits per heavy atom. The van der Waals surface area contributed by atoms with Gasteiger partial charge in [-0.15, -0.1) is 6.58 Å². The summed E-state index contributed by atoms with van der Waals surface area (Å²) in [6.45, 7) is 15.6. The standard InChI is InChI=1S/C29H35Cl2FO/c1-6-14-29(5,21(4)33-18-19(2)22-10-11-22)17-26(24-8-7-9-25(30)15-24)20(3)23-12-13-27(31)28(32)16-23/h6-9,12-13,15-16,19-20,22,26H,1,4,10-11,14,17-18H2,2-3,5H3/t19-,20-,26+,29+/m1/s1. The van der Waals surface area contributed by atoms with E-state index in [9.17, 15) is 4.39 Å². The fourth-order valence-corrected chi connectivity index (χ4v) is 4.99. The maximum atomic E-state index is 14.3. The van der Waals surface area contributed by atoms with Crippen molar-refractivity contribution < 1.29 is 9.13 Å². The van der Waals surface area contributed by atoms with Crippen LogP contribution in [0.15, 0.2) is 67.5 Å². The summed E-state index contributed by atoms with van der Waals surface area (Å²) in [6.07, 6.45) is 6.03. The van der Waals surface area contributed by atoms with E-state index in [-0.39, 0.29) is 22.3 Å². The van der Waals surface area contributed by atoms with Crippen molar-refractivity contribution >= 4 is 23.2 Å². The Hall–Kier alpha value is -1.77. The van der Waals surface area contributed by atoms with Crippen LogP contribution in [0.4, 0.5) is 4.39 Å². The number of allylic oxidation sites excluding steroid dienone is 2. The number of hydrogen-bond donors (Lipinski definition) is 0. The van der Waals surface area contributed by atoms with Crippen LogP contribution in [0.25, 0.3) is 0 Å². The molecule has 0 unspecified atom stereocenters. The van der Waals surface area contributed by atoms with Gasteiger partial charge in [0.05, 0.1) is 17.4 Å². The maximum absolute atomic E-state index is 14.3. The molecule has 1 fully saturated rings. The molecule has 2 aromatic rings. The highest BCUT2D eigenvalue weighted by molar-refractivity contribution is 6.31. The van der Waals surface area contributed by atoms with Gasteiger partial charge < -0.3 is 4.74 Å². The average Bonchev–Trinajstić information content (AvgIpc) is 3.63. The zero-order valence-electron chi connectivity index (χ0n) is 19.9. The molecule has 2 aromatic carbocycles. The van der Waals surface area contributed by atoms with Crippen molar-refractivity contribution in [3.05, 3.63) is 94.4 Å². The number of ether oxygens (including phenoxy) is 1. The second-order valence-electron chi connectivity index (χ2n) is 9.93. The lowest BCUT2D eigenvalue weighted by atomic mass is 9.70. The Morgan fingerprint density at radius 1 is 1.18 bits per heavy atom. The molecule has 0 saturated heterocycles. The summed E-state index contributed by atoms with van der Waals surface area (Å²) in [6, 6.07) is 13.0. The van der Waals surface area contributed by atoms with Crippen molar-refractivity contribution in [3.63, 3.8) is 0 Å². The Kier molecular flexibility index (Phi) is 8.70. The van der Waals surface area contributed by atoms with Gasteiger partial charge in [0.15, 0.2) is 0 Å². The fourth-order valence-electron chi connectivity index (χ4n) is 4.67. The van der Waals surface area contributed by atoms with Crippen LogP contribution in [-0.2, 0) is 4.74 Å². The van der Waals surface area contributed by atoms with Crippen molar-refractivity contribution in [2.45, 2.75) is 58.3 Å². The van der Waals surface area contributed by atoms with Crippen LogP contribution < -0.4 is 0 Å². The molecule has 0 amide bonds. The Balaban J connectivity index is 1.90. The Labute approximate surface area is 208 Å². The van der Waals surface area contributed by atoms with E-state index in [1.807, 2.05) is 30.3 Å². The topological polar surface area (TPSA) is 9.23 Å². The monoisotopic (exact) mass is 488 g/mol. The third kappa shape index (κ3) is 6.64. The van der Waals surface area contributed by atoms with Crippen molar-refractivity contribution in [1.82, 2.24) is 0 Å². The minimum absolute atomic E-state index is 0.0255. The molecule has 0 aromatic heterocycles. The van der Waals surface area contributed by atoms with Crippen molar-refractivity contribution in [3.8, 4) is 0 Å². The molecule has 1 aliphatic rings. The molecular weight excluding hydrogens is 454 g/mol. The lowest BCUT2D eigenvalue weighted by Gasteiger charge is -2.37. The van der Waals surface area contributed by atoms with Crippen molar-refractivity contribution in [2.24, 2.45) is 17.3 Å². The normalized spacial score (nSPS) is 18.1. The van der Waals surface area contributed by atoms with Gasteiger partial charge in [-0.1, -0.05) is 74.8 Å². The molecule has 1 aliphatic carbocycles. The summed E-state index contributed by atoms with van der Waals surface area (Å²) in [4.78, 5) is 0. The number of benzene rings is 2. The highest BCUT2D eigenvalue weighted by atomic mass is 35.5. The molecule has 4 atom stereocenters. The Bertz CT molecular complexity index is 983. The Morgan fingerprint density at radius 3 is 2.52 bits per heavy atom. The molecule has 0 N–H and O–H groups in total. The summed E-state index contributed by atoms with van der Waals surface area (Å²) in [5.74, 6) is 1.79. The van der Waals surface area contributed by atoms with E-state index in [0.717, 1.165) is 35.6 Å². The third-order valence-corrected chi connectivity index (χ3v) is 7.78. The summed E-state index contributed by atoms with van der Waals surface area (Å²) >= 11 is 12.3. The lowest BCUT2D eigenvalue weighted by Crippen LogP contribution is -2.26. The van der Waals surface area contributed by atoms with Crippen LogP contribution in [0.1, 0.15) is 69.4 Å². The molecule has 0 bridgehead atoms. The average molecular weight is 490 g/mol. The van der Waals surface area contributed by atoms with E-state index in [1.165, 1.54) is 18.9 Å². The minimum atomic E-state index is -0.401. The first-order valence-electron chi connectivity index (χ1n) is 11.8. The summed E-state index contributed by atoms with van der Waals surface area (Å²) < 4.78 is 20.6. The molecule has 1 saturated carbocycles. The van der Waals surface area contributed by atoms with Gasteiger partial charge in [0.2, 0.25) is 0 Å². The minimum Gasteiger partial charge on any atom is -0.498 e. The molecule has 0 spiro atoms. The molecule has 0 heterocycles. The van der Waals surface area contributed by atoms with E-state index < -0.39 is 5.82 Å². The van der Waals surface area contributed by atoms with Gasteiger partial charge in [-0.25, -0.2) is 4.39 Å². The van der Waals surface area contributed by atoms with Gasteiger partial charge in [0, 0.05) is 10.4 Å². The predicted molar refractivity (Wildman–Crippen MR) is 139 cm³/mol. The van der Waals surface area contributed by atoms with Gasteiger partial charge >= 0.3 is 0 Å². The molecule has 178 valence electrons. The number of hydrogen-bond acceptors (Lipinski definition) is 1. The van der Waals surface area contributed by atoms with Gasteiger partial charge in [0.1, 0.15) is 5.82 Å². The zero-order valence-corrected chi connectivity index (χ0v) is 21.4. The molecule has 3 rings (SSSR count). The molecule has 0 radical (unpaired) electrons. The summed E-state index contributed by atoms with van der Waals surface area (Å²) in [5, 5.41) is 0.819. The lowest BCUT2D eigenvalue weighted by molar-refractivity contribution is 0.0965. The molecular formula is C29H35Cl2FO. The largest absolute Gasteiger partial charge is 0.498 e. The van der Waals surface area contributed by atoms with Crippen LogP contribution >= 0.6 is 23.2 Å². The van der Waals surface area contributed by atoms with E-state index in [4.69, 9.17) is 27.9 Å². The highest BCUT2D eigenvalue weighted by Gasteiger charge is 2.36. The first-order chi connectivity index (χ1) is 15.6. The van der Waals surface area contributed by atoms with Crippen LogP contribution in [0, 0.1) is 23.1 Å². The second-order valence-corrected chi connectivity index (χ2v) is 10.8. The molecule has 4 heteroatoms. The van der Waals surface area contributed by atoms with Gasteiger partial charge in [-0.05, 0) is 84.7 Å². The van der Waals surface area contributed by atoms with Crippen LogP contribution in [0.5, 0.6) is 0 Å². The molecule has 1 nitrogen and oxygen atoms in total. The van der Waals surface area contributed by atoms with Gasteiger partial charge in [-0.2, -0.15) is 0 Å². The highest BCUT2D eigenvalue weighted by Crippen LogP contribution is 2.47. The first-order valence-corrected chi connectivity index (χ1v) is 12.5. The van der Waals surface area contributed by atoms with E-state index in [1.54, 1.807) is 6.07 Å². The number of rotatable bonds is 12. The first kappa shape index (κ1) is 25.8. The third-order valence-electron chi connectivity index (χ3n) is 7.24. The van der Waals surface area contributed by atoms with Crippen molar-refractivity contribution in [1.29, 1.82) is 0 Å². The predicted octanol–water partition coefficient (Wildman–Crippen LogP) is 9.57. The van der Waals surface area contributed by atoms with Gasteiger partial charge in [-0.3, -0.25) is 0 Å². The van der Waals surface area contributed by atoms with E-state index >= 15 is 0 Å². The number of halogens is 3. The van der Waals surface area contributed by atoms with Crippen LogP contribution in [-0.4, -0.2) is 6.61 Å².